The molecule has 0 aliphatic heterocycles. The summed E-state index contributed by atoms with van der Waals surface area (Å²) in [6.45, 7) is 4.15. The molecule has 0 aliphatic rings. The van der Waals surface area contributed by atoms with Crippen molar-refractivity contribution in [1.29, 1.82) is 0 Å². The topological polar surface area (TPSA) is 75.9 Å². The average Bonchev–Trinajstić information content (AvgIpc) is 2.42. The van der Waals surface area contributed by atoms with E-state index >= 15 is 0 Å². The Kier molecular flexibility index (Phi) is 4.34. The number of nitrogens with zero attached hydrogens (tertiary/aromatic N) is 2. The van der Waals surface area contributed by atoms with Gasteiger partial charge in [0.2, 0.25) is 0 Å². The van der Waals surface area contributed by atoms with Crippen molar-refractivity contribution in [3.8, 4) is 0 Å². The van der Waals surface area contributed by atoms with E-state index in [4.69, 9.17) is 5.84 Å². The smallest absolute Gasteiger partial charge is 0.159 e. The molecule has 1 unspecified atom stereocenters. The SMILES string of the molecule is Cc1ccc(C(C)Nc2ncnc(NN)c2Br)cc1. The van der Waals surface area contributed by atoms with Crippen LogP contribution in [-0.2, 0) is 0 Å². The lowest BCUT2D eigenvalue weighted by Gasteiger charge is -2.16. The number of hydrogen-bond donors (Lipinski definition) is 3. The van der Waals surface area contributed by atoms with Crippen molar-refractivity contribution in [2.45, 2.75) is 19.9 Å². The summed E-state index contributed by atoms with van der Waals surface area (Å²) in [7, 11) is 0. The first-order valence-electron chi connectivity index (χ1n) is 5.92. The molecule has 0 bridgehead atoms. The Hall–Kier alpha value is -1.66. The van der Waals surface area contributed by atoms with Crippen LogP contribution in [0.15, 0.2) is 35.1 Å². The van der Waals surface area contributed by atoms with Crippen LogP contribution < -0.4 is 16.6 Å². The molecule has 4 N–H and O–H groups in total. The van der Waals surface area contributed by atoms with Gasteiger partial charge in [0.25, 0.3) is 0 Å². The second kappa shape index (κ2) is 5.99. The first kappa shape index (κ1) is 13.8. The normalized spacial score (nSPS) is 12.0. The third-order valence-corrected chi connectivity index (χ3v) is 3.61. The van der Waals surface area contributed by atoms with E-state index in [-0.39, 0.29) is 6.04 Å². The molecule has 100 valence electrons. The Morgan fingerprint density at radius 2 is 1.79 bits per heavy atom. The minimum Gasteiger partial charge on any atom is -0.362 e. The summed E-state index contributed by atoms with van der Waals surface area (Å²) in [6, 6.07) is 8.52. The van der Waals surface area contributed by atoms with E-state index in [9.17, 15) is 0 Å². The van der Waals surface area contributed by atoms with Gasteiger partial charge in [0.05, 0.1) is 0 Å². The van der Waals surface area contributed by atoms with Gasteiger partial charge in [-0.05, 0) is 35.3 Å². The van der Waals surface area contributed by atoms with Crippen molar-refractivity contribution in [3.05, 3.63) is 46.2 Å². The van der Waals surface area contributed by atoms with Crippen LogP contribution in [0.4, 0.5) is 11.6 Å². The van der Waals surface area contributed by atoms with E-state index in [2.05, 4.69) is 74.8 Å². The molecule has 0 saturated heterocycles. The molecule has 0 radical (unpaired) electrons. The van der Waals surface area contributed by atoms with E-state index in [0.717, 1.165) is 4.47 Å². The van der Waals surface area contributed by atoms with Crippen LogP contribution in [0.1, 0.15) is 24.1 Å². The largest absolute Gasteiger partial charge is 0.362 e. The maximum absolute atomic E-state index is 5.38. The molecule has 0 spiro atoms. The molecular formula is C13H16BrN5. The predicted molar refractivity (Wildman–Crippen MR) is 80.8 cm³/mol. The van der Waals surface area contributed by atoms with Crippen molar-refractivity contribution in [2.75, 3.05) is 10.7 Å². The quantitative estimate of drug-likeness (QED) is 0.596. The first-order chi connectivity index (χ1) is 9.11. The second-order valence-electron chi connectivity index (χ2n) is 4.31. The van der Waals surface area contributed by atoms with Gasteiger partial charge < -0.3 is 10.7 Å². The molecule has 5 nitrogen and oxygen atoms in total. The maximum atomic E-state index is 5.38. The fourth-order valence-corrected chi connectivity index (χ4v) is 2.15. The summed E-state index contributed by atoms with van der Waals surface area (Å²) in [6.07, 6.45) is 1.46. The first-order valence-corrected chi connectivity index (χ1v) is 6.71. The molecule has 1 aromatic heterocycles. The van der Waals surface area contributed by atoms with Crippen LogP contribution >= 0.6 is 15.9 Å². The van der Waals surface area contributed by atoms with Crippen LogP contribution in [0.3, 0.4) is 0 Å². The van der Waals surface area contributed by atoms with Gasteiger partial charge in [0.1, 0.15) is 16.6 Å². The third-order valence-electron chi connectivity index (χ3n) is 2.86. The Balaban J connectivity index is 2.19. The van der Waals surface area contributed by atoms with Crippen molar-refractivity contribution >= 4 is 27.6 Å². The molecule has 2 aromatic rings. The molecule has 0 saturated carbocycles. The van der Waals surface area contributed by atoms with Gasteiger partial charge in [-0.15, -0.1) is 0 Å². The van der Waals surface area contributed by atoms with Crippen molar-refractivity contribution in [2.24, 2.45) is 5.84 Å². The van der Waals surface area contributed by atoms with Crippen LogP contribution in [0.5, 0.6) is 0 Å². The molecule has 2 rings (SSSR count). The zero-order chi connectivity index (χ0) is 13.8. The van der Waals surface area contributed by atoms with Gasteiger partial charge >= 0.3 is 0 Å². The van der Waals surface area contributed by atoms with E-state index in [1.165, 1.54) is 17.5 Å². The van der Waals surface area contributed by atoms with Gasteiger partial charge in [-0.3, -0.25) is 0 Å². The molecule has 1 atom stereocenters. The molecule has 19 heavy (non-hydrogen) atoms. The zero-order valence-corrected chi connectivity index (χ0v) is 12.4. The highest BCUT2D eigenvalue weighted by molar-refractivity contribution is 9.10. The van der Waals surface area contributed by atoms with Crippen molar-refractivity contribution < 1.29 is 0 Å². The van der Waals surface area contributed by atoms with Gasteiger partial charge in [0, 0.05) is 6.04 Å². The Morgan fingerprint density at radius 3 is 2.42 bits per heavy atom. The molecule has 1 aromatic carbocycles. The highest BCUT2D eigenvalue weighted by atomic mass is 79.9. The third kappa shape index (κ3) is 3.21. The standard InChI is InChI=1S/C13H16BrN5/c1-8-3-5-10(6-4-8)9(2)18-12-11(14)13(19-15)17-7-16-12/h3-7,9H,15H2,1-2H3,(H2,16,17,18,19). The number of aromatic nitrogens is 2. The summed E-state index contributed by atoms with van der Waals surface area (Å²) in [5, 5.41) is 3.33. The van der Waals surface area contributed by atoms with Gasteiger partial charge in [-0.1, -0.05) is 29.8 Å². The van der Waals surface area contributed by atoms with E-state index in [0.29, 0.717) is 11.6 Å². The number of nitrogens with two attached hydrogens (primary N) is 1. The zero-order valence-electron chi connectivity index (χ0n) is 10.8. The maximum Gasteiger partial charge on any atom is 0.159 e. The summed E-state index contributed by atoms with van der Waals surface area (Å²) >= 11 is 3.42. The number of rotatable bonds is 4. The monoisotopic (exact) mass is 321 g/mol. The van der Waals surface area contributed by atoms with Crippen LogP contribution in [0.25, 0.3) is 0 Å². The molecule has 0 fully saturated rings. The van der Waals surface area contributed by atoms with Crippen LogP contribution in [-0.4, -0.2) is 9.97 Å². The number of hydrazine groups is 1. The predicted octanol–water partition coefficient (Wildman–Crippen LogP) is 3.01. The number of benzene rings is 1. The number of nitrogen functional groups attached to an aromatic ring is 1. The number of aryl methyl sites for hydroxylation is 1. The number of nitrogens with one attached hydrogen (secondary N) is 2. The lowest BCUT2D eigenvalue weighted by Crippen LogP contribution is -2.13. The van der Waals surface area contributed by atoms with Crippen LogP contribution in [0.2, 0.25) is 0 Å². The minimum absolute atomic E-state index is 0.137. The van der Waals surface area contributed by atoms with Crippen LogP contribution in [0, 0.1) is 6.92 Å². The Labute approximate surface area is 120 Å². The Bertz CT molecular complexity index is 555. The second-order valence-corrected chi connectivity index (χ2v) is 5.10. The highest BCUT2D eigenvalue weighted by Gasteiger charge is 2.11. The molecule has 1 heterocycles. The minimum atomic E-state index is 0.137. The average molecular weight is 322 g/mol. The van der Waals surface area contributed by atoms with Gasteiger partial charge in [-0.25, -0.2) is 15.8 Å². The van der Waals surface area contributed by atoms with E-state index in [1.54, 1.807) is 0 Å². The lowest BCUT2D eigenvalue weighted by atomic mass is 10.1. The summed E-state index contributed by atoms with van der Waals surface area (Å²) in [5.41, 5.74) is 4.96. The van der Waals surface area contributed by atoms with Gasteiger partial charge in [0.15, 0.2) is 5.82 Å². The van der Waals surface area contributed by atoms with Gasteiger partial charge in [-0.2, -0.15) is 0 Å². The molecule has 0 aliphatic carbocycles. The van der Waals surface area contributed by atoms with E-state index in [1.807, 2.05) is 0 Å². The number of anilines is 2. The summed E-state index contributed by atoms with van der Waals surface area (Å²) < 4.78 is 0.719. The number of hydrogen-bond acceptors (Lipinski definition) is 5. The fraction of sp³-hybridized carbons (Fsp3) is 0.231. The highest BCUT2D eigenvalue weighted by Crippen LogP contribution is 2.28. The van der Waals surface area contributed by atoms with Crippen molar-refractivity contribution in [3.63, 3.8) is 0 Å². The number of halogens is 1. The molecule has 0 amide bonds. The summed E-state index contributed by atoms with van der Waals surface area (Å²) in [4.78, 5) is 8.22. The van der Waals surface area contributed by atoms with Crippen molar-refractivity contribution in [1.82, 2.24) is 9.97 Å². The Morgan fingerprint density at radius 1 is 1.16 bits per heavy atom. The fourth-order valence-electron chi connectivity index (χ4n) is 1.71. The van der Waals surface area contributed by atoms with E-state index < -0.39 is 0 Å². The molecule has 6 heteroatoms. The summed E-state index contributed by atoms with van der Waals surface area (Å²) in [5.74, 6) is 6.63. The molecular weight excluding hydrogens is 306 g/mol. The lowest BCUT2D eigenvalue weighted by molar-refractivity contribution is 0.869.